The van der Waals surface area contributed by atoms with Gasteiger partial charge in [0.15, 0.2) is 0 Å². The molecule has 0 saturated heterocycles. The SMILES string of the molecule is CC1(Cc2ccc(C(C)(C)C)cc2)Cc2cc(C(=O)N(CC(=O)O)Cc3ccc(C(C)(C)C)cc3)ccc2O1. The molecule has 3 aromatic carbocycles. The molecular formula is C34H41NO4. The summed E-state index contributed by atoms with van der Waals surface area (Å²) >= 11 is 0. The first-order chi connectivity index (χ1) is 18.1. The predicted octanol–water partition coefficient (Wildman–Crippen LogP) is 6.94. The lowest BCUT2D eigenvalue weighted by Gasteiger charge is -2.25. The number of hydrogen-bond acceptors (Lipinski definition) is 3. The minimum absolute atomic E-state index is 0.0198. The van der Waals surface area contributed by atoms with Crippen LogP contribution >= 0.6 is 0 Å². The van der Waals surface area contributed by atoms with Crippen LogP contribution in [0.4, 0.5) is 0 Å². The van der Waals surface area contributed by atoms with Crippen molar-refractivity contribution in [1.29, 1.82) is 0 Å². The van der Waals surface area contributed by atoms with Gasteiger partial charge in [0.1, 0.15) is 17.9 Å². The Bertz CT molecular complexity index is 1340. The second kappa shape index (κ2) is 10.5. The Hall–Kier alpha value is -3.60. The zero-order valence-corrected chi connectivity index (χ0v) is 24.3. The van der Waals surface area contributed by atoms with E-state index in [1.165, 1.54) is 21.6 Å². The van der Waals surface area contributed by atoms with E-state index in [1.54, 1.807) is 6.07 Å². The molecule has 0 aliphatic carbocycles. The number of hydrogen-bond donors (Lipinski definition) is 1. The van der Waals surface area contributed by atoms with E-state index in [4.69, 9.17) is 4.74 Å². The molecule has 3 aromatic rings. The van der Waals surface area contributed by atoms with Crippen molar-refractivity contribution in [3.63, 3.8) is 0 Å². The number of nitrogens with zero attached hydrogens (tertiary/aromatic N) is 1. The summed E-state index contributed by atoms with van der Waals surface area (Å²) in [5.74, 6) is -0.557. The molecule has 5 nitrogen and oxygen atoms in total. The predicted molar refractivity (Wildman–Crippen MR) is 156 cm³/mol. The maximum Gasteiger partial charge on any atom is 0.323 e. The fourth-order valence-corrected chi connectivity index (χ4v) is 5.18. The van der Waals surface area contributed by atoms with Gasteiger partial charge in [-0.05, 0) is 63.8 Å². The van der Waals surface area contributed by atoms with E-state index in [2.05, 4.69) is 72.7 Å². The smallest absolute Gasteiger partial charge is 0.323 e. The Morgan fingerprint density at radius 3 is 1.90 bits per heavy atom. The molecule has 1 atom stereocenters. The Kier molecular flexibility index (Phi) is 7.66. The van der Waals surface area contributed by atoms with Crippen LogP contribution in [0.1, 0.15) is 86.6 Å². The highest BCUT2D eigenvalue weighted by atomic mass is 16.5. The van der Waals surface area contributed by atoms with Crippen molar-refractivity contribution in [1.82, 2.24) is 4.90 Å². The van der Waals surface area contributed by atoms with Gasteiger partial charge in [-0.1, -0.05) is 90.1 Å². The van der Waals surface area contributed by atoms with E-state index in [-0.39, 0.29) is 29.8 Å². The Morgan fingerprint density at radius 2 is 1.38 bits per heavy atom. The third-order valence-electron chi connectivity index (χ3n) is 7.43. The maximum atomic E-state index is 13.5. The van der Waals surface area contributed by atoms with Crippen molar-refractivity contribution < 1.29 is 19.4 Å². The highest BCUT2D eigenvalue weighted by Gasteiger charge is 2.36. The molecule has 1 aliphatic rings. The summed E-state index contributed by atoms with van der Waals surface area (Å²) < 4.78 is 6.37. The van der Waals surface area contributed by atoms with Crippen LogP contribution in [-0.2, 0) is 35.0 Å². The minimum atomic E-state index is -1.04. The van der Waals surface area contributed by atoms with Crippen molar-refractivity contribution in [2.24, 2.45) is 0 Å². The van der Waals surface area contributed by atoms with Gasteiger partial charge in [0.05, 0.1) is 0 Å². The minimum Gasteiger partial charge on any atom is -0.487 e. The number of fused-ring (bicyclic) bond motifs is 1. The van der Waals surface area contributed by atoms with Crippen LogP contribution < -0.4 is 4.74 Å². The van der Waals surface area contributed by atoms with Gasteiger partial charge in [0, 0.05) is 24.9 Å². The van der Waals surface area contributed by atoms with Gasteiger partial charge in [0.2, 0.25) is 0 Å². The molecule has 4 rings (SSSR count). The number of benzene rings is 3. The van der Waals surface area contributed by atoms with Gasteiger partial charge >= 0.3 is 5.97 Å². The van der Waals surface area contributed by atoms with Gasteiger partial charge in [0.25, 0.3) is 5.91 Å². The fourth-order valence-electron chi connectivity index (χ4n) is 5.18. The molecule has 0 spiro atoms. The Labute approximate surface area is 232 Å². The Morgan fingerprint density at radius 1 is 0.846 bits per heavy atom. The van der Waals surface area contributed by atoms with E-state index in [1.807, 2.05) is 36.4 Å². The number of ether oxygens (including phenoxy) is 1. The van der Waals surface area contributed by atoms with Gasteiger partial charge < -0.3 is 14.7 Å². The third-order valence-corrected chi connectivity index (χ3v) is 7.43. The summed E-state index contributed by atoms with van der Waals surface area (Å²) in [7, 11) is 0. The topological polar surface area (TPSA) is 66.8 Å². The standard InChI is InChI=1S/C34H41NO4/c1-32(2,3)27-13-8-23(9-14-27)19-34(7)20-26-18-25(12-17-29(26)39-34)31(38)35(22-30(36)37)21-24-10-15-28(16-11-24)33(4,5)6/h8-18H,19-22H2,1-7H3,(H,36,37). The zero-order valence-electron chi connectivity index (χ0n) is 24.3. The monoisotopic (exact) mass is 527 g/mol. The Balaban J connectivity index is 1.49. The van der Waals surface area contributed by atoms with Crippen molar-refractivity contribution in [2.45, 2.75) is 84.3 Å². The largest absolute Gasteiger partial charge is 0.487 e. The molecule has 5 heteroatoms. The molecule has 39 heavy (non-hydrogen) atoms. The highest BCUT2D eigenvalue weighted by molar-refractivity contribution is 5.96. The molecule has 0 aromatic heterocycles. The molecule has 0 bridgehead atoms. The first kappa shape index (κ1) is 28.4. The third kappa shape index (κ3) is 6.89. The molecule has 206 valence electrons. The van der Waals surface area contributed by atoms with Crippen LogP contribution in [0, 0.1) is 0 Å². The van der Waals surface area contributed by atoms with Gasteiger partial charge in [-0.3, -0.25) is 9.59 Å². The van der Waals surface area contributed by atoms with Crippen LogP contribution in [0.2, 0.25) is 0 Å². The lowest BCUT2D eigenvalue weighted by Crippen LogP contribution is -2.35. The maximum absolute atomic E-state index is 13.5. The van der Waals surface area contributed by atoms with Crippen LogP contribution in [0.25, 0.3) is 0 Å². The summed E-state index contributed by atoms with van der Waals surface area (Å²) in [5.41, 5.74) is 5.75. The number of aliphatic carboxylic acids is 1. The van der Waals surface area contributed by atoms with Gasteiger partial charge in [-0.2, -0.15) is 0 Å². The van der Waals surface area contributed by atoms with E-state index >= 15 is 0 Å². The van der Waals surface area contributed by atoms with E-state index in [9.17, 15) is 14.7 Å². The van der Waals surface area contributed by atoms with E-state index in [0.29, 0.717) is 12.0 Å². The van der Waals surface area contributed by atoms with Crippen molar-refractivity contribution in [2.75, 3.05) is 6.54 Å². The summed E-state index contributed by atoms with van der Waals surface area (Å²) in [4.78, 5) is 26.5. The van der Waals surface area contributed by atoms with Crippen molar-refractivity contribution in [3.05, 3.63) is 100 Å². The summed E-state index contributed by atoms with van der Waals surface area (Å²) in [6.45, 7) is 15.0. The summed E-state index contributed by atoms with van der Waals surface area (Å²) in [5, 5.41) is 9.52. The molecule has 1 unspecified atom stereocenters. The number of carbonyl (C=O) groups is 2. The molecule has 1 aliphatic heterocycles. The number of carboxylic acid groups (broad SMARTS) is 1. The molecular weight excluding hydrogens is 486 g/mol. The fraction of sp³-hybridized carbons (Fsp3) is 0.412. The highest BCUT2D eigenvalue weighted by Crippen LogP contribution is 2.38. The van der Waals surface area contributed by atoms with E-state index < -0.39 is 11.6 Å². The second-order valence-electron chi connectivity index (χ2n) is 13.2. The lowest BCUT2D eigenvalue weighted by atomic mass is 9.85. The molecule has 0 radical (unpaired) electrons. The number of amides is 1. The summed E-state index contributed by atoms with van der Waals surface area (Å²) in [6.07, 6.45) is 1.43. The lowest BCUT2D eigenvalue weighted by molar-refractivity contribution is -0.137. The molecule has 0 fully saturated rings. The zero-order chi connectivity index (χ0) is 28.6. The second-order valence-corrected chi connectivity index (χ2v) is 13.2. The van der Waals surface area contributed by atoms with E-state index in [0.717, 1.165) is 23.3 Å². The van der Waals surface area contributed by atoms with Crippen LogP contribution in [0.5, 0.6) is 5.75 Å². The average Bonchev–Trinajstić information content (AvgIpc) is 3.17. The van der Waals surface area contributed by atoms with Crippen LogP contribution in [0.3, 0.4) is 0 Å². The summed E-state index contributed by atoms with van der Waals surface area (Å²) in [6, 6.07) is 22.2. The number of rotatable bonds is 7. The van der Waals surface area contributed by atoms with Crippen molar-refractivity contribution >= 4 is 11.9 Å². The normalized spacial score (nSPS) is 16.9. The first-order valence-corrected chi connectivity index (χ1v) is 13.6. The quantitative estimate of drug-likeness (QED) is 0.361. The average molecular weight is 528 g/mol. The van der Waals surface area contributed by atoms with Crippen molar-refractivity contribution in [3.8, 4) is 5.75 Å². The van der Waals surface area contributed by atoms with Crippen LogP contribution in [-0.4, -0.2) is 34.0 Å². The van der Waals surface area contributed by atoms with Gasteiger partial charge in [-0.15, -0.1) is 0 Å². The molecule has 0 saturated carbocycles. The molecule has 1 N–H and O–H groups in total. The van der Waals surface area contributed by atoms with Crippen LogP contribution in [0.15, 0.2) is 66.7 Å². The number of carboxylic acids is 1. The van der Waals surface area contributed by atoms with Gasteiger partial charge in [-0.25, -0.2) is 0 Å². The first-order valence-electron chi connectivity index (χ1n) is 13.6. The molecule has 1 heterocycles. The number of carbonyl (C=O) groups excluding carboxylic acids is 1. The molecule has 1 amide bonds.